The van der Waals surface area contributed by atoms with Crippen molar-refractivity contribution in [3.8, 4) is 0 Å². The molecule has 0 fully saturated rings. The average molecular weight is 204 g/mol. The van der Waals surface area contributed by atoms with Gasteiger partial charge in [-0.15, -0.1) is 0 Å². The van der Waals surface area contributed by atoms with E-state index in [1.54, 1.807) is 0 Å². The van der Waals surface area contributed by atoms with Crippen LogP contribution in [0.2, 0.25) is 0 Å². The smallest absolute Gasteiger partial charge is 0.0141 e. The summed E-state index contributed by atoms with van der Waals surface area (Å²) in [6.07, 6.45) is 12.9. The largest absolute Gasteiger partial charge is 0.0999 e. The maximum absolute atomic E-state index is 4.16. The molecule has 0 radical (unpaired) electrons. The monoisotopic (exact) mass is 204 g/mol. The third kappa shape index (κ3) is 5.01. The summed E-state index contributed by atoms with van der Waals surface area (Å²) in [5.41, 5.74) is 3.22. The summed E-state index contributed by atoms with van der Waals surface area (Å²) in [5, 5.41) is 0. The molecule has 0 aromatic carbocycles. The van der Waals surface area contributed by atoms with Gasteiger partial charge in [0.05, 0.1) is 0 Å². The molecule has 84 valence electrons. The number of allylic oxidation sites excluding steroid dienone is 5. The Morgan fingerprint density at radius 3 is 2.73 bits per heavy atom. The Hall–Kier alpha value is -0.780. The molecule has 0 saturated heterocycles. The lowest BCUT2D eigenvalue weighted by atomic mass is 9.85. The molecular weight excluding hydrogens is 180 g/mol. The second-order valence-electron chi connectivity index (χ2n) is 5.43. The molecule has 15 heavy (non-hydrogen) atoms. The summed E-state index contributed by atoms with van der Waals surface area (Å²) in [6.45, 7) is 11.0. The van der Waals surface area contributed by atoms with E-state index < -0.39 is 0 Å². The van der Waals surface area contributed by atoms with Crippen LogP contribution in [0.3, 0.4) is 0 Å². The van der Waals surface area contributed by atoms with Gasteiger partial charge in [0.15, 0.2) is 0 Å². The number of hydrogen-bond donors (Lipinski definition) is 0. The van der Waals surface area contributed by atoms with Gasteiger partial charge in [0.25, 0.3) is 0 Å². The summed E-state index contributed by atoms with van der Waals surface area (Å²) >= 11 is 0. The van der Waals surface area contributed by atoms with Crippen molar-refractivity contribution in [2.75, 3.05) is 0 Å². The van der Waals surface area contributed by atoms with E-state index in [1.165, 1.54) is 30.4 Å². The van der Waals surface area contributed by atoms with Crippen LogP contribution in [-0.2, 0) is 0 Å². The van der Waals surface area contributed by atoms with Crippen LogP contribution in [0, 0.1) is 5.41 Å². The van der Waals surface area contributed by atoms with Crippen molar-refractivity contribution in [3.05, 3.63) is 36.0 Å². The molecule has 0 atom stereocenters. The molecule has 1 aliphatic rings. The number of hydrogen-bond acceptors (Lipinski definition) is 0. The number of rotatable bonds is 0. The molecule has 1 rings (SSSR count). The van der Waals surface area contributed by atoms with Crippen molar-refractivity contribution in [1.29, 1.82) is 0 Å². The quantitative estimate of drug-likeness (QED) is 0.485. The Morgan fingerprint density at radius 2 is 2.00 bits per heavy atom. The second-order valence-corrected chi connectivity index (χ2v) is 5.43. The van der Waals surface area contributed by atoms with Crippen LogP contribution in [0.4, 0.5) is 0 Å². The lowest BCUT2D eigenvalue weighted by molar-refractivity contribution is 0.434. The van der Waals surface area contributed by atoms with Crippen molar-refractivity contribution in [1.82, 2.24) is 0 Å². The molecule has 0 unspecified atom stereocenters. The Kier molecular flexibility index (Phi) is 4.38. The molecule has 0 N–H and O–H groups in total. The SMILES string of the molecule is C=C1CC/C=C(\C)C/C=C\C(C)(C)CC1. The van der Waals surface area contributed by atoms with Gasteiger partial charge >= 0.3 is 0 Å². The standard InChI is InChI=1S/C15H24/c1-13-7-5-8-14(2)10-12-15(3,4)11-6-9-13/h6-7,11H,2,5,8-10,12H2,1,3-4H3/b11-6-,13-7+. The fourth-order valence-corrected chi connectivity index (χ4v) is 1.88. The van der Waals surface area contributed by atoms with Crippen molar-refractivity contribution in [2.45, 2.75) is 52.9 Å². The predicted octanol–water partition coefficient (Wildman–Crippen LogP) is 5.04. The third-order valence-electron chi connectivity index (χ3n) is 3.12. The Labute approximate surface area is 94.8 Å². The van der Waals surface area contributed by atoms with Crippen LogP contribution in [0.25, 0.3) is 0 Å². The van der Waals surface area contributed by atoms with Crippen LogP contribution in [0.1, 0.15) is 52.9 Å². The fourth-order valence-electron chi connectivity index (χ4n) is 1.88. The van der Waals surface area contributed by atoms with Crippen LogP contribution in [0.5, 0.6) is 0 Å². The van der Waals surface area contributed by atoms with Gasteiger partial charge in [-0.05, 0) is 44.4 Å². The first-order valence-corrected chi connectivity index (χ1v) is 5.99. The van der Waals surface area contributed by atoms with Gasteiger partial charge in [-0.3, -0.25) is 0 Å². The van der Waals surface area contributed by atoms with Crippen molar-refractivity contribution < 1.29 is 0 Å². The Balaban J connectivity index is 2.71. The lowest BCUT2D eigenvalue weighted by Crippen LogP contribution is -2.07. The zero-order chi connectivity index (χ0) is 11.3. The molecular formula is C15H24. The van der Waals surface area contributed by atoms with Crippen molar-refractivity contribution >= 4 is 0 Å². The molecule has 0 nitrogen and oxygen atoms in total. The molecule has 0 amide bonds. The average Bonchev–Trinajstić information content (AvgIpc) is 2.15. The predicted molar refractivity (Wildman–Crippen MR) is 68.9 cm³/mol. The lowest BCUT2D eigenvalue weighted by Gasteiger charge is -2.20. The van der Waals surface area contributed by atoms with E-state index in [0.29, 0.717) is 5.41 Å². The van der Waals surface area contributed by atoms with Gasteiger partial charge < -0.3 is 0 Å². The molecule has 0 aromatic rings. The van der Waals surface area contributed by atoms with Gasteiger partial charge in [0, 0.05) is 0 Å². The molecule has 0 heterocycles. The van der Waals surface area contributed by atoms with E-state index in [-0.39, 0.29) is 0 Å². The minimum atomic E-state index is 0.327. The third-order valence-corrected chi connectivity index (χ3v) is 3.12. The summed E-state index contributed by atoms with van der Waals surface area (Å²) in [4.78, 5) is 0. The molecule has 0 aliphatic heterocycles. The summed E-state index contributed by atoms with van der Waals surface area (Å²) in [7, 11) is 0. The second kappa shape index (κ2) is 5.34. The normalized spacial score (nSPS) is 28.7. The summed E-state index contributed by atoms with van der Waals surface area (Å²) in [5.74, 6) is 0. The van der Waals surface area contributed by atoms with Crippen LogP contribution < -0.4 is 0 Å². The summed E-state index contributed by atoms with van der Waals surface area (Å²) < 4.78 is 0. The zero-order valence-corrected chi connectivity index (χ0v) is 10.5. The van der Waals surface area contributed by atoms with Crippen LogP contribution in [0.15, 0.2) is 36.0 Å². The molecule has 0 spiro atoms. The van der Waals surface area contributed by atoms with E-state index in [4.69, 9.17) is 0 Å². The van der Waals surface area contributed by atoms with E-state index in [1.807, 2.05) is 0 Å². The van der Waals surface area contributed by atoms with Gasteiger partial charge in [-0.1, -0.05) is 49.8 Å². The zero-order valence-electron chi connectivity index (χ0n) is 10.5. The summed E-state index contributed by atoms with van der Waals surface area (Å²) in [6, 6.07) is 0. The topological polar surface area (TPSA) is 0 Å². The molecule has 0 heteroatoms. The van der Waals surface area contributed by atoms with E-state index in [9.17, 15) is 0 Å². The Morgan fingerprint density at radius 1 is 1.27 bits per heavy atom. The minimum absolute atomic E-state index is 0.327. The van der Waals surface area contributed by atoms with Gasteiger partial charge in [-0.25, -0.2) is 0 Å². The Bertz CT molecular complexity index is 276. The van der Waals surface area contributed by atoms with Crippen molar-refractivity contribution in [2.24, 2.45) is 5.41 Å². The molecule has 1 aliphatic carbocycles. The first-order chi connectivity index (χ1) is 6.99. The highest BCUT2D eigenvalue weighted by Crippen LogP contribution is 2.28. The van der Waals surface area contributed by atoms with Gasteiger partial charge in [0.2, 0.25) is 0 Å². The van der Waals surface area contributed by atoms with E-state index in [2.05, 4.69) is 45.6 Å². The molecule has 0 saturated carbocycles. The highest BCUT2D eigenvalue weighted by molar-refractivity contribution is 5.10. The first kappa shape index (κ1) is 12.3. The highest BCUT2D eigenvalue weighted by atomic mass is 14.2. The van der Waals surface area contributed by atoms with Crippen molar-refractivity contribution in [3.63, 3.8) is 0 Å². The van der Waals surface area contributed by atoms with Gasteiger partial charge in [-0.2, -0.15) is 0 Å². The van der Waals surface area contributed by atoms with E-state index >= 15 is 0 Å². The van der Waals surface area contributed by atoms with E-state index in [0.717, 1.165) is 12.8 Å². The molecule has 0 bridgehead atoms. The minimum Gasteiger partial charge on any atom is -0.0999 e. The van der Waals surface area contributed by atoms with Gasteiger partial charge in [0.1, 0.15) is 0 Å². The van der Waals surface area contributed by atoms with Crippen LogP contribution >= 0.6 is 0 Å². The maximum Gasteiger partial charge on any atom is -0.0141 e. The maximum atomic E-state index is 4.16. The fraction of sp³-hybridized carbons (Fsp3) is 0.600. The first-order valence-electron chi connectivity index (χ1n) is 5.99. The highest BCUT2D eigenvalue weighted by Gasteiger charge is 2.13. The van der Waals surface area contributed by atoms with Crippen LogP contribution in [-0.4, -0.2) is 0 Å². The molecule has 0 aromatic heterocycles.